The third-order valence-corrected chi connectivity index (χ3v) is 3.25. The molecule has 1 heterocycles. The number of halogens is 1. The monoisotopic (exact) mass is 322 g/mol. The molecule has 0 saturated carbocycles. The Labute approximate surface area is 120 Å². The van der Waals surface area contributed by atoms with Gasteiger partial charge in [-0.05, 0) is 34.5 Å². The van der Waals surface area contributed by atoms with Crippen molar-refractivity contribution < 1.29 is 4.79 Å². The molecule has 0 spiro atoms. The fraction of sp³-hybridized carbons (Fsp3) is 0.231. The highest BCUT2D eigenvalue weighted by atomic mass is 79.9. The number of nitrogens with one attached hydrogen (secondary N) is 2. The van der Waals surface area contributed by atoms with Crippen molar-refractivity contribution in [1.82, 2.24) is 14.9 Å². The molecule has 0 aliphatic carbocycles. The van der Waals surface area contributed by atoms with Crippen LogP contribution < -0.4 is 10.6 Å². The summed E-state index contributed by atoms with van der Waals surface area (Å²) in [7, 11) is 0. The molecule has 19 heavy (non-hydrogen) atoms. The quantitative estimate of drug-likeness (QED) is 0.831. The average molecular weight is 323 g/mol. The molecule has 5 nitrogen and oxygen atoms in total. The maximum atomic E-state index is 11.7. The van der Waals surface area contributed by atoms with Crippen LogP contribution in [0.5, 0.6) is 0 Å². The van der Waals surface area contributed by atoms with Gasteiger partial charge in [-0.15, -0.1) is 0 Å². The van der Waals surface area contributed by atoms with Crippen molar-refractivity contribution in [2.45, 2.75) is 13.0 Å². The first-order valence-electron chi connectivity index (χ1n) is 6.01. The average Bonchev–Trinajstić information content (AvgIpc) is 2.91. The lowest BCUT2D eigenvalue weighted by Gasteiger charge is -2.09. The van der Waals surface area contributed by atoms with Gasteiger partial charge in [-0.2, -0.15) is 0 Å². The SMILES string of the molecule is O=C(NCCCn1ccnc1)Nc1ccccc1Br. The minimum atomic E-state index is -0.197. The Morgan fingerprint density at radius 2 is 2.21 bits per heavy atom. The molecule has 1 aromatic carbocycles. The molecule has 0 aliphatic rings. The topological polar surface area (TPSA) is 59.0 Å². The van der Waals surface area contributed by atoms with Crippen LogP contribution in [-0.2, 0) is 6.54 Å². The third-order valence-electron chi connectivity index (χ3n) is 2.56. The Kier molecular flexibility index (Phi) is 4.97. The molecule has 2 aromatic rings. The number of hydrogen-bond donors (Lipinski definition) is 2. The highest BCUT2D eigenvalue weighted by Gasteiger charge is 2.03. The largest absolute Gasteiger partial charge is 0.338 e. The number of aryl methyl sites for hydroxylation is 1. The maximum absolute atomic E-state index is 11.7. The summed E-state index contributed by atoms with van der Waals surface area (Å²) in [6.45, 7) is 1.46. The molecule has 2 amide bonds. The predicted octanol–water partition coefficient (Wildman–Crippen LogP) is 2.86. The number of nitrogens with zero attached hydrogens (tertiary/aromatic N) is 2. The number of hydrogen-bond acceptors (Lipinski definition) is 2. The van der Waals surface area contributed by atoms with Crippen LogP contribution in [-0.4, -0.2) is 22.1 Å². The second kappa shape index (κ2) is 6.94. The van der Waals surface area contributed by atoms with Crippen LogP contribution in [0.25, 0.3) is 0 Å². The van der Waals surface area contributed by atoms with Gasteiger partial charge in [0.05, 0.1) is 12.0 Å². The van der Waals surface area contributed by atoms with Crippen LogP contribution >= 0.6 is 15.9 Å². The number of anilines is 1. The van der Waals surface area contributed by atoms with Crippen LogP contribution in [0, 0.1) is 0 Å². The second-order valence-electron chi connectivity index (χ2n) is 4.01. The van der Waals surface area contributed by atoms with Gasteiger partial charge in [0, 0.05) is 30.0 Å². The molecule has 6 heteroatoms. The van der Waals surface area contributed by atoms with Crippen LogP contribution in [0.2, 0.25) is 0 Å². The van der Waals surface area contributed by atoms with Gasteiger partial charge in [0.15, 0.2) is 0 Å². The smallest absolute Gasteiger partial charge is 0.319 e. The second-order valence-corrected chi connectivity index (χ2v) is 4.87. The maximum Gasteiger partial charge on any atom is 0.319 e. The lowest BCUT2D eigenvalue weighted by molar-refractivity contribution is 0.252. The van der Waals surface area contributed by atoms with Crippen LogP contribution in [0.15, 0.2) is 47.5 Å². The number of amides is 2. The van der Waals surface area contributed by atoms with Crippen LogP contribution in [0.4, 0.5) is 10.5 Å². The minimum absolute atomic E-state index is 0.197. The molecule has 1 aromatic heterocycles. The number of imidazole rings is 1. The Bertz CT molecular complexity index is 527. The van der Waals surface area contributed by atoms with Crippen LogP contribution in [0.3, 0.4) is 0 Å². The fourth-order valence-electron chi connectivity index (χ4n) is 1.61. The Morgan fingerprint density at radius 1 is 1.37 bits per heavy atom. The van der Waals surface area contributed by atoms with Crippen molar-refractivity contribution in [3.05, 3.63) is 47.5 Å². The summed E-state index contributed by atoms with van der Waals surface area (Å²) in [5, 5.41) is 5.60. The van der Waals surface area contributed by atoms with Gasteiger partial charge < -0.3 is 15.2 Å². The van der Waals surface area contributed by atoms with Gasteiger partial charge in [-0.25, -0.2) is 9.78 Å². The first-order valence-corrected chi connectivity index (χ1v) is 6.80. The van der Waals surface area contributed by atoms with Crippen molar-refractivity contribution in [2.24, 2.45) is 0 Å². The predicted molar refractivity (Wildman–Crippen MR) is 78.0 cm³/mol. The summed E-state index contributed by atoms with van der Waals surface area (Å²) in [4.78, 5) is 15.6. The van der Waals surface area contributed by atoms with E-state index in [2.05, 4.69) is 31.5 Å². The van der Waals surface area contributed by atoms with E-state index in [0.29, 0.717) is 6.54 Å². The number of rotatable bonds is 5. The van der Waals surface area contributed by atoms with Gasteiger partial charge in [0.2, 0.25) is 0 Å². The van der Waals surface area contributed by atoms with Crippen molar-refractivity contribution >= 4 is 27.6 Å². The molecule has 0 radical (unpaired) electrons. The lowest BCUT2D eigenvalue weighted by atomic mass is 10.3. The molecule has 2 rings (SSSR count). The zero-order chi connectivity index (χ0) is 13.5. The number of para-hydroxylation sites is 1. The lowest BCUT2D eigenvalue weighted by Crippen LogP contribution is -2.30. The summed E-state index contributed by atoms with van der Waals surface area (Å²) in [5.74, 6) is 0. The Morgan fingerprint density at radius 3 is 2.95 bits per heavy atom. The van der Waals surface area contributed by atoms with E-state index < -0.39 is 0 Å². The number of carbonyl (C=O) groups is 1. The van der Waals surface area contributed by atoms with E-state index in [1.54, 1.807) is 12.5 Å². The number of aromatic nitrogens is 2. The summed E-state index contributed by atoms with van der Waals surface area (Å²) in [6, 6.07) is 7.30. The molecule has 0 atom stereocenters. The molecule has 0 unspecified atom stereocenters. The van der Waals surface area contributed by atoms with E-state index in [1.165, 1.54) is 0 Å². The standard InChI is InChI=1S/C13H15BrN4O/c14-11-4-1-2-5-12(11)17-13(19)16-6-3-8-18-9-7-15-10-18/h1-2,4-5,7,9-10H,3,6,8H2,(H2,16,17,19). The summed E-state index contributed by atoms with van der Waals surface area (Å²) in [5.41, 5.74) is 0.759. The molecular weight excluding hydrogens is 308 g/mol. The molecule has 100 valence electrons. The minimum Gasteiger partial charge on any atom is -0.338 e. The van der Waals surface area contributed by atoms with E-state index in [1.807, 2.05) is 35.0 Å². The zero-order valence-electron chi connectivity index (χ0n) is 10.3. The van der Waals surface area contributed by atoms with Crippen molar-refractivity contribution in [2.75, 3.05) is 11.9 Å². The third kappa shape index (κ3) is 4.40. The Balaban J connectivity index is 1.69. The highest BCUT2D eigenvalue weighted by Crippen LogP contribution is 2.20. The van der Waals surface area contributed by atoms with Crippen molar-refractivity contribution in [3.63, 3.8) is 0 Å². The van der Waals surface area contributed by atoms with E-state index in [4.69, 9.17) is 0 Å². The first kappa shape index (κ1) is 13.6. The van der Waals surface area contributed by atoms with Gasteiger partial charge in [0.1, 0.15) is 0 Å². The molecule has 0 bridgehead atoms. The molecule has 0 fully saturated rings. The van der Waals surface area contributed by atoms with Gasteiger partial charge in [-0.3, -0.25) is 0 Å². The number of carbonyl (C=O) groups excluding carboxylic acids is 1. The Hall–Kier alpha value is -1.82. The van der Waals surface area contributed by atoms with E-state index in [9.17, 15) is 4.79 Å². The summed E-state index contributed by atoms with van der Waals surface area (Å²) >= 11 is 3.38. The number of benzene rings is 1. The van der Waals surface area contributed by atoms with E-state index in [0.717, 1.165) is 23.1 Å². The summed E-state index contributed by atoms with van der Waals surface area (Å²) < 4.78 is 2.84. The fourth-order valence-corrected chi connectivity index (χ4v) is 2.00. The molecule has 0 aliphatic heterocycles. The molecular formula is C13H15BrN4O. The highest BCUT2D eigenvalue weighted by molar-refractivity contribution is 9.10. The van der Waals surface area contributed by atoms with Crippen molar-refractivity contribution in [1.29, 1.82) is 0 Å². The van der Waals surface area contributed by atoms with Crippen LogP contribution in [0.1, 0.15) is 6.42 Å². The molecule has 0 saturated heterocycles. The zero-order valence-corrected chi connectivity index (χ0v) is 11.9. The van der Waals surface area contributed by atoms with E-state index >= 15 is 0 Å². The van der Waals surface area contributed by atoms with Gasteiger partial charge in [0.25, 0.3) is 0 Å². The van der Waals surface area contributed by atoms with Gasteiger partial charge >= 0.3 is 6.03 Å². The normalized spacial score (nSPS) is 10.2. The van der Waals surface area contributed by atoms with Crippen molar-refractivity contribution in [3.8, 4) is 0 Å². The van der Waals surface area contributed by atoms with E-state index in [-0.39, 0.29) is 6.03 Å². The number of urea groups is 1. The summed E-state index contributed by atoms with van der Waals surface area (Å²) in [6.07, 6.45) is 6.27. The molecule has 2 N–H and O–H groups in total. The first-order chi connectivity index (χ1) is 9.25. The van der Waals surface area contributed by atoms with Gasteiger partial charge in [-0.1, -0.05) is 12.1 Å².